The predicted octanol–water partition coefficient (Wildman–Crippen LogP) is 5.38. The Morgan fingerprint density at radius 1 is 1.09 bits per heavy atom. The van der Waals surface area contributed by atoms with E-state index in [0.717, 1.165) is 49.0 Å². The van der Waals surface area contributed by atoms with Crippen LogP contribution in [0.25, 0.3) is 0 Å². The van der Waals surface area contributed by atoms with Gasteiger partial charge in [0.2, 0.25) is 0 Å². The monoisotopic (exact) mass is 465 g/mol. The summed E-state index contributed by atoms with van der Waals surface area (Å²) in [4.78, 5) is 8.30. The summed E-state index contributed by atoms with van der Waals surface area (Å²) in [5.41, 5.74) is 3.65. The van der Waals surface area contributed by atoms with Gasteiger partial charge in [-0.25, -0.2) is 0 Å². The molecule has 0 radical (unpaired) electrons. The minimum atomic E-state index is 0.152. The molecule has 178 valence electrons. The number of piperazine rings is 1. The molecule has 1 heterocycles. The molecule has 0 aromatic heterocycles. The van der Waals surface area contributed by atoms with E-state index < -0.39 is 0 Å². The number of nitrogens with zero attached hydrogens (tertiary/aromatic N) is 3. The van der Waals surface area contributed by atoms with Crippen molar-refractivity contribution in [2.75, 3.05) is 39.8 Å². The van der Waals surface area contributed by atoms with Crippen LogP contribution in [0, 0.1) is 0 Å². The summed E-state index contributed by atoms with van der Waals surface area (Å²) in [5, 5.41) is 0. The average molecular weight is 466 g/mol. The Labute approximate surface area is 205 Å². The van der Waals surface area contributed by atoms with Crippen LogP contribution >= 0.6 is 12.2 Å². The minimum Gasteiger partial charge on any atom is -0.497 e. The molecule has 0 aliphatic carbocycles. The number of rotatable bonds is 9. The first-order valence-corrected chi connectivity index (χ1v) is 12.5. The molecule has 1 fully saturated rings. The van der Waals surface area contributed by atoms with Gasteiger partial charge in [-0.15, -0.1) is 6.58 Å². The minimum absolute atomic E-state index is 0.152. The van der Waals surface area contributed by atoms with E-state index in [-0.39, 0.29) is 6.04 Å². The van der Waals surface area contributed by atoms with Crippen molar-refractivity contribution < 1.29 is 4.74 Å². The molecule has 0 bridgehead atoms. The Balaban J connectivity index is 1.98. The molecule has 3 rings (SSSR count). The number of thiocarbonyl (C=S) groups is 1. The van der Waals surface area contributed by atoms with E-state index in [1.807, 2.05) is 12.1 Å². The van der Waals surface area contributed by atoms with Crippen LogP contribution < -0.4 is 4.74 Å². The van der Waals surface area contributed by atoms with Gasteiger partial charge >= 0.3 is 0 Å². The van der Waals surface area contributed by atoms with Crippen molar-refractivity contribution in [3.8, 4) is 5.75 Å². The van der Waals surface area contributed by atoms with E-state index in [4.69, 9.17) is 17.0 Å². The van der Waals surface area contributed by atoms with E-state index in [1.165, 1.54) is 11.1 Å². The van der Waals surface area contributed by atoms with E-state index in [9.17, 15) is 0 Å². The fourth-order valence-corrected chi connectivity index (χ4v) is 5.29. The van der Waals surface area contributed by atoms with Gasteiger partial charge in [0.05, 0.1) is 13.2 Å². The van der Waals surface area contributed by atoms with Crippen molar-refractivity contribution in [2.24, 2.45) is 0 Å². The lowest BCUT2D eigenvalue weighted by Gasteiger charge is -2.47. The van der Waals surface area contributed by atoms with Crippen LogP contribution in [0.1, 0.15) is 50.4 Å². The maximum atomic E-state index is 5.76. The molecule has 3 atom stereocenters. The van der Waals surface area contributed by atoms with Crippen molar-refractivity contribution >= 4 is 17.2 Å². The van der Waals surface area contributed by atoms with Crippen molar-refractivity contribution in [3.05, 3.63) is 77.9 Å². The zero-order valence-electron chi connectivity index (χ0n) is 20.8. The molecule has 0 spiro atoms. The Bertz CT molecular complexity index is 925. The maximum Gasteiger partial charge on any atom is 0.119 e. The van der Waals surface area contributed by atoms with Crippen molar-refractivity contribution in [1.82, 2.24) is 14.7 Å². The van der Waals surface area contributed by atoms with Crippen LogP contribution in [0.15, 0.2) is 61.2 Å². The number of benzene rings is 2. The zero-order chi connectivity index (χ0) is 24.0. The SMILES string of the molecule is C=CCN1C[C@H](C)N([C@H](c2ccc(C(=S)N(CC)CC)cc2)c2cccc(OC)c2)C[C@H]1C. The van der Waals surface area contributed by atoms with Gasteiger partial charge < -0.3 is 9.64 Å². The maximum absolute atomic E-state index is 5.76. The van der Waals surface area contributed by atoms with Crippen molar-refractivity contribution in [3.63, 3.8) is 0 Å². The quantitative estimate of drug-likeness (QED) is 0.364. The van der Waals surface area contributed by atoms with E-state index in [2.05, 4.69) is 91.4 Å². The second-order valence-electron chi connectivity index (χ2n) is 8.92. The molecule has 2 aromatic carbocycles. The largest absolute Gasteiger partial charge is 0.497 e. The summed E-state index contributed by atoms with van der Waals surface area (Å²) in [6.45, 7) is 17.7. The van der Waals surface area contributed by atoms with Crippen LogP contribution in [0.4, 0.5) is 0 Å². The summed E-state index contributed by atoms with van der Waals surface area (Å²) < 4.78 is 5.57. The summed E-state index contributed by atoms with van der Waals surface area (Å²) in [5.74, 6) is 0.892. The Hall–Kier alpha value is -2.21. The highest BCUT2D eigenvalue weighted by Gasteiger charge is 2.34. The lowest BCUT2D eigenvalue weighted by Crippen LogP contribution is -2.57. The van der Waals surface area contributed by atoms with Gasteiger partial charge in [-0.3, -0.25) is 9.80 Å². The molecular weight excluding hydrogens is 426 g/mol. The highest BCUT2D eigenvalue weighted by atomic mass is 32.1. The molecule has 2 aromatic rings. The van der Waals surface area contributed by atoms with Gasteiger partial charge in [-0.05, 0) is 51.0 Å². The first-order valence-electron chi connectivity index (χ1n) is 12.1. The smallest absolute Gasteiger partial charge is 0.119 e. The van der Waals surface area contributed by atoms with Gasteiger partial charge in [-0.2, -0.15) is 0 Å². The Morgan fingerprint density at radius 2 is 1.79 bits per heavy atom. The third kappa shape index (κ3) is 5.84. The first-order chi connectivity index (χ1) is 15.9. The van der Waals surface area contributed by atoms with Gasteiger partial charge in [0.1, 0.15) is 10.7 Å². The summed E-state index contributed by atoms with van der Waals surface area (Å²) in [6.07, 6.45) is 2.01. The topological polar surface area (TPSA) is 19.0 Å². The standard InChI is InChI=1S/C28H39N3OS/c1-7-17-30-19-22(5)31(20-21(30)4)27(25-11-10-12-26(18-25)32-6)23-13-15-24(16-14-23)28(33)29(8-2)9-3/h7,10-16,18,21-22,27H,1,8-9,17,19-20H2,2-6H3/t21-,22+,27-/m1/s1. The second kappa shape index (κ2) is 11.8. The van der Waals surface area contributed by atoms with Crippen LogP contribution in [0.5, 0.6) is 5.75 Å². The molecular formula is C28H39N3OS. The Kier molecular flexibility index (Phi) is 9.07. The summed E-state index contributed by atoms with van der Waals surface area (Å²) in [6, 6.07) is 18.4. The fourth-order valence-electron chi connectivity index (χ4n) is 4.89. The van der Waals surface area contributed by atoms with Gasteiger partial charge in [0, 0.05) is 50.4 Å². The van der Waals surface area contributed by atoms with Gasteiger partial charge in [0.25, 0.3) is 0 Å². The van der Waals surface area contributed by atoms with Crippen molar-refractivity contribution in [2.45, 2.75) is 45.8 Å². The fraction of sp³-hybridized carbons (Fsp3) is 0.464. The molecule has 0 unspecified atom stereocenters. The van der Waals surface area contributed by atoms with Crippen molar-refractivity contribution in [1.29, 1.82) is 0 Å². The summed E-state index contributed by atoms with van der Waals surface area (Å²) >= 11 is 5.76. The third-order valence-electron chi connectivity index (χ3n) is 6.79. The number of methoxy groups -OCH3 is 1. The van der Waals surface area contributed by atoms with Gasteiger partial charge in [0.15, 0.2) is 0 Å². The molecule has 0 saturated carbocycles. The third-order valence-corrected chi connectivity index (χ3v) is 7.29. The van der Waals surface area contributed by atoms with E-state index in [0.29, 0.717) is 12.1 Å². The second-order valence-corrected chi connectivity index (χ2v) is 9.30. The molecule has 1 aliphatic heterocycles. The number of hydrogen-bond acceptors (Lipinski definition) is 4. The Morgan fingerprint density at radius 3 is 2.39 bits per heavy atom. The van der Waals surface area contributed by atoms with Crippen LogP contribution in [-0.2, 0) is 0 Å². The van der Waals surface area contributed by atoms with Crippen LogP contribution in [-0.4, -0.2) is 71.6 Å². The molecule has 33 heavy (non-hydrogen) atoms. The van der Waals surface area contributed by atoms with Gasteiger partial charge in [-0.1, -0.05) is 54.7 Å². The highest BCUT2D eigenvalue weighted by molar-refractivity contribution is 7.80. The van der Waals surface area contributed by atoms with E-state index >= 15 is 0 Å². The predicted molar refractivity (Wildman–Crippen MR) is 143 cm³/mol. The molecule has 5 heteroatoms. The van der Waals surface area contributed by atoms with Crippen LogP contribution in [0.2, 0.25) is 0 Å². The molecule has 0 N–H and O–H groups in total. The lowest BCUT2D eigenvalue weighted by atomic mass is 9.92. The lowest BCUT2D eigenvalue weighted by molar-refractivity contribution is 0.0306. The average Bonchev–Trinajstić information content (AvgIpc) is 2.83. The normalized spacial score (nSPS) is 20.3. The molecule has 1 saturated heterocycles. The number of ether oxygens (including phenoxy) is 1. The molecule has 1 aliphatic rings. The zero-order valence-corrected chi connectivity index (χ0v) is 21.6. The molecule has 4 nitrogen and oxygen atoms in total. The number of hydrogen-bond donors (Lipinski definition) is 0. The highest BCUT2D eigenvalue weighted by Crippen LogP contribution is 2.35. The first kappa shape index (κ1) is 25.4. The van der Waals surface area contributed by atoms with Crippen LogP contribution in [0.3, 0.4) is 0 Å². The summed E-state index contributed by atoms with van der Waals surface area (Å²) in [7, 11) is 1.73. The molecule has 0 amide bonds. The van der Waals surface area contributed by atoms with E-state index in [1.54, 1.807) is 7.11 Å².